The standard InChI is InChI=1S/C16H26N4O.HI/c1-4-5-10-19-16(18-3)20-11-9-13-7-6-8-14(12-13)15(21)17-2;/h6-8,12H,4-5,9-11H2,1-3H3,(H,17,21)(H2,18,19,20);1H. The maximum Gasteiger partial charge on any atom is 0.251 e. The highest BCUT2D eigenvalue weighted by molar-refractivity contribution is 14.0. The first-order valence-electron chi connectivity index (χ1n) is 7.46. The lowest BCUT2D eigenvalue weighted by molar-refractivity contribution is 0.0963. The first-order valence-corrected chi connectivity index (χ1v) is 7.46. The Kier molecular flexibility index (Phi) is 11.5. The minimum absolute atomic E-state index is 0. The molecule has 1 aromatic carbocycles. The summed E-state index contributed by atoms with van der Waals surface area (Å²) in [6.45, 7) is 3.88. The van der Waals surface area contributed by atoms with Crippen LogP contribution in [0.25, 0.3) is 0 Å². The maximum atomic E-state index is 11.6. The average molecular weight is 418 g/mol. The SMILES string of the molecule is CCCCNC(=NC)NCCc1cccc(C(=O)NC)c1.I. The summed E-state index contributed by atoms with van der Waals surface area (Å²) in [6.07, 6.45) is 3.14. The molecule has 0 aliphatic carbocycles. The van der Waals surface area contributed by atoms with Gasteiger partial charge in [-0.15, -0.1) is 24.0 Å². The number of hydrogen-bond acceptors (Lipinski definition) is 2. The highest BCUT2D eigenvalue weighted by atomic mass is 127. The number of aliphatic imine (C=N–C) groups is 1. The van der Waals surface area contributed by atoms with Crippen molar-refractivity contribution in [3.63, 3.8) is 0 Å². The van der Waals surface area contributed by atoms with E-state index < -0.39 is 0 Å². The Hall–Kier alpha value is -1.31. The van der Waals surface area contributed by atoms with Crippen molar-refractivity contribution in [3.05, 3.63) is 35.4 Å². The number of unbranched alkanes of at least 4 members (excludes halogenated alkanes) is 1. The molecule has 0 aromatic heterocycles. The molecule has 0 fully saturated rings. The molecule has 0 bridgehead atoms. The predicted octanol–water partition coefficient (Wildman–Crippen LogP) is 2.17. The van der Waals surface area contributed by atoms with Crippen LogP contribution >= 0.6 is 24.0 Å². The van der Waals surface area contributed by atoms with Crippen LogP contribution in [-0.2, 0) is 6.42 Å². The van der Waals surface area contributed by atoms with Crippen molar-refractivity contribution in [2.75, 3.05) is 27.2 Å². The van der Waals surface area contributed by atoms with Crippen LogP contribution in [0.15, 0.2) is 29.3 Å². The van der Waals surface area contributed by atoms with E-state index in [-0.39, 0.29) is 29.9 Å². The molecular formula is C16H27IN4O. The van der Waals surface area contributed by atoms with E-state index in [1.165, 1.54) is 0 Å². The van der Waals surface area contributed by atoms with E-state index in [0.29, 0.717) is 5.56 Å². The van der Waals surface area contributed by atoms with Crippen LogP contribution < -0.4 is 16.0 Å². The second-order valence-corrected chi connectivity index (χ2v) is 4.81. The molecule has 0 saturated heterocycles. The summed E-state index contributed by atoms with van der Waals surface area (Å²) < 4.78 is 0. The van der Waals surface area contributed by atoms with Crippen LogP contribution in [0.2, 0.25) is 0 Å². The average Bonchev–Trinajstić information content (AvgIpc) is 2.53. The van der Waals surface area contributed by atoms with E-state index in [9.17, 15) is 4.79 Å². The Morgan fingerprint density at radius 1 is 1.23 bits per heavy atom. The summed E-state index contributed by atoms with van der Waals surface area (Å²) in [5.74, 6) is 0.771. The Balaban J connectivity index is 0.00000441. The number of benzene rings is 1. The largest absolute Gasteiger partial charge is 0.356 e. The molecule has 6 heteroatoms. The number of hydrogen-bond donors (Lipinski definition) is 3. The number of amides is 1. The van der Waals surface area contributed by atoms with E-state index >= 15 is 0 Å². The number of halogens is 1. The molecule has 1 rings (SSSR count). The lowest BCUT2D eigenvalue weighted by atomic mass is 10.1. The normalized spacial score (nSPS) is 10.6. The van der Waals surface area contributed by atoms with Crippen molar-refractivity contribution < 1.29 is 4.79 Å². The fourth-order valence-electron chi connectivity index (χ4n) is 1.94. The van der Waals surface area contributed by atoms with Gasteiger partial charge in [0.15, 0.2) is 5.96 Å². The Bertz CT molecular complexity index is 477. The molecule has 0 unspecified atom stereocenters. The van der Waals surface area contributed by atoms with Gasteiger partial charge in [0.25, 0.3) is 5.91 Å². The molecule has 22 heavy (non-hydrogen) atoms. The number of nitrogens with one attached hydrogen (secondary N) is 3. The monoisotopic (exact) mass is 418 g/mol. The molecule has 0 saturated carbocycles. The molecule has 0 heterocycles. The topological polar surface area (TPSA) is 65.5 Å². The molecule has 0 aliphatic heterocycles. The van der Waals surface area contributed by atoms with Gasteiger partial charge in [-0.1, -0.05) is 25.5 Å². The third-order valence-corrected chi connectivity index (χ3v) is 3.17. The van der Waals surface area contributed by atoms with E-state index in [1.54, 1.807) is 14.1 Å². The van der Waals surface area contributed by atoms with E-state index in [4.69, 9.17) is 0 Å². The summed E-state index contributed by atoms with van der Waals surface area (Å²) in [5.41, 5.74) is 1.83. The second-order valence-electron chi connectivity index (χ2n) is 4.81. The Morgan fingerprint density at radius 2 is 1.95 bits per heavy atom. The molecule has 0 radical (unpaired) electrons. The maximum absolute atomic E-state index is 11.6. The lowest BCUT2D eigenvalue weighted by Crippen LogP contribution is -2.38. The van der Waals surface area contributed by atoms with Crippen LogP contribution in [0.4, 0.5) is 0 Å². The Morgan fingerprint density at radius 3 is 2.59 bits per heavy atom. The molecule has 0 atom stereocenters. The number of nitrogens with zero attached hydrogens (tertiary/aromatic N) is 1. The predicted molar refractivity (Wildman–Crippen MR) is 103 cm³/mol. The van der Waals surface area contributed by atoms with E-state index in [0.717, 1.165) is 43.9 Å². The van der Waals surface area contributed by atoms with Crippen molar-refractivity contribution in [3.8, 4) is 0 Å². The quantitative estimate of drug-likeness (QED) is 0.275. The van der Waals surface area contributed by atoms with Crippen molar-refractivity contribution in [2.45, 2.75) is 26.2 Å². The van der Waals surface area contributed by atoms with Crippen molar-refractivity contribution in [2.24, 2.45) is 4.99 Å². The van der Waals surface area contributed by atoms with Gasteiger partial charge in [0.1, 0.15) is 0 Å². The lowest BCUT2D eigenvalue weighted by Gasteiger charge is -2.11. The molecule has 1 amide bonds. The summed E-state index contributed by atoms with van der Waals surface area (Å²) in [7, 11) is 3.41. The smallest absolute Gasteiger partial charge is 0.251 e. The van der Waals surface area contributed by atoms with E-state index in [2.05, 4.69) is 27.9 Å². The highest BCUT2D eigenvalue weighted by Gasteiger charge is 2.03. The molecular weight excluding hydrogens is 391 g/mol. The number of guanidine groups is 1. The summed E-state index contributed by atoms with van der Waals surface area (Å²) >= 11 is 0. The third-order valence-electron chi connectivity index (χ3n) is 3.17. The first kappa shape index (κ1) is 20.7. The molecule has 1 aromatic rings. The summed E-state index contributed by atoms with van der Waals surface area (Å²) in [5, 5.41) is 9.18. The molecule has 124 valence electrons. The molecule has 3 N–H and O–H groups in total. The van der Waals surface area contributed by atoms with Crippen molar-refractivity contribution in [1.29, 1.82) is 0 Å². The third kappa shape index (κ3) is 7.63. The van der Waals surface area contributed by atoms with Crippen molar-refractivity contribution in [1.82, 2.24) is 16.0 Å². The second kappa shape index (κ2) is 12.3. The summed E-state index contributed by atoms with van der Waals surface area (Å²) in [4.78, 5) is 15.8. The molecule has 0 spiro atoms. The minimum atomic E-state index is -0.0538. The van der Waals surface area contributed by atoms with Gasteiger partial charge in [0.05, 0.1) is 0 Å². The zero-order valence-corrected chi connectivity index (χ0v) is 15.9. The zero-order chi connectivity index (χ0) is 15.5. The molecule has 5 nitrogen and oxygen atoms in total. The minimum Gasteiger partial charge on any atom is -0.356 e. The van der Waals surface area contributed by atoms with Crippen LogP contribution in [0.5, 0.6) is 0 Å². The fourth-order valence-corrected chi connectivity index (χ4v) is 1.94. The van der Waals surface area contributed by atoms with Gasteiger partial charge in [-0.2, -0.15) is 0 Å². The van der Waals surface area contributed by atoms with Gasteiger partial charge in [-0.05, 0) is 30.5 Å². The van der Waals surface area contributed by atoms with Gasteiger partial charge in [-0.25, -0.2) is 0 Å². The summed E-state index contributed by atoms with van der Waals surface area (Å²) in [6, 6.07) is 7.68. The first-order chi connectivity index (χ1) is 10.2. The van der Waals surface area contributed by atoms with Gasteiger partial charge >= 0.3 is 0 Å². The van der Waals surface area contributed by atoms with Crippen LogP contribution in [-0.4, -0.2) is 39.1 Å². The Labute approximate surface area is 150 Å². The van der Waals surface area contributed by atoms with Crippen LogP contribution in [0.3, 0.4) is 0 Å². The van der Waals surface area contributed by atoms with Gasteiger partial charge in [-0.3, -0.25) is 9.79 Å². The number of rotatable bonds is 7. The van der Waals surface area contributed by atoms with Crippen LogP contribution in [0, 0.1) is 0 Å². The number of carbonyl (C=O) groups excluding carboxylic acids is 1. The zero-order valence-electron chi connectivity index (χ0n) is 13.6. The van der Waals surface area contributed by atoms with Gasteiger partial charge < -0.3 is 16.0 Å². The highest BCUT2D eigenvalue weighted by Crippen LogP contribution is 2.05. The van der Waals surface area contributed by atoms with Gasteiger partial charge in [0, 0.05) is 32.7 Å². The number of carbonyl (C=O) groups is 1. The van der Waals surface area contributed by atoms with Crippen molar-refractivity contribution >= 4 is 35.8 Å². The van der Waals surface area contributed by atoms with Gasteiger partial charge in [0.2, 0.25) is 0 Å². The van der Waals surface area contributed by atoms with E-state index in [1.807, 2.05) is 24.3 Å². The van der Waals surface area contributed by atoms with Crippen LogP contribution in [0.1, 0.15) is 35.7 Å². The molecule has 0 aliphatic rings. The fraction of sp³-hybridized carbons (Fsp3) is 0.500.